The van der Waals surface area contributed by atoms with Crippen LogP contribution in [0.15, 0.2) is 24.3 Å². The van der Waals surface area contributed by atoms with Gasteiger partial charge in [-0.3, -0.25) is 4.79 Å². The van der Waals surface area contributed by atoms with Crippen LogP contribution in [0, 0.1) is 5.92 Å². The molecule has 1 aromatic carbocycles. The molecule has 124 valence electrons. The summed E-state index contributed by atoms with van der Waals surface area (Å²) in [5, 5.41) is 14.1. The zero-order valence-electron chi connectivity index (χ0n) is 12.8. The molecule has 4 nitrogen and oxygen atoms in total. The second-order valence-electron chi connectivity index (χ2n) is 5.57. The fraction of sp³-hybridized carbons (Fsp3) is 0.562. The van der Waals surface area contributed by atoms with Gasteiger partial charge in [-0.15, -0.1) is 12.4 Å². The van der Waals surface area contributed by atoms with E-state index in [2.05, 4.69) is 5.32 Å². The molecule has 1 aromatic rings. The van der Waals surface area contributed by atoms with Crippen LogP contribution in [0.4, 0.5) is 0 Å². The largest absolute Gasteiger partial charge is 0.388 e. The molecule has 0 aromatic heterocycles. The number of rotatable bonds is 5. The van der Waals surface area contributed by atoms with Crippen molar-refractivity contribution >= 4 is 29.9 Å². The lowest BCUT2D eigenvalue weighted by molar-refractivity contribution is -0.133. The monoisotopic (exact) mass is 346 g/mol. The average molecular weight is 347 g/mol. The molecule has 1 saturated heterocycles. The summed E-state index contributed by atoms with van der Waals surface area (Å²) in [4.78, 5) is 13.9. The number of carbonyl (C=O) groups excluding carboxylic acids is 1. The minimum absolute atomic E-state index is 0. The molecule has 0 bridgehead atoms. The Bertz CT molecular complexity index is 460. The third-order valence-electron chi connectivity index (χ3n) is 4.14. The first-order valence-electron chi connectivity index (χ1n) is 7.47. The number of amides is 1. The highest BCUT2D eigenvalue weighted by atomic mass is 35.5. The van der Waals surface area contributed by atoms with E-state index in [1.807, 2.05) is 24.1 Å². The Morgan fingerprint density at radius 2 is 1.95 bits per heavy atom. The molecule has 0 saturated carbocycles. The van der Waals surface area contributed by atoms with Crippen LogP contribution in [0.1, 0.15) is 30.9 Å². The molecule has 1 aliphatic rings. The van der Waals surface area contributed by atoms with Crippen LogP contribution in [-0.4, -0.2) is 42.6 Å². The van der Waals surface area contributed by atoms with Crippen LogP contribution in [0.3, 0.4) is 0 Å². The Balaban J connectivity index is 0.00000242. The SMILES string of the molecule is CNCCC(=O)N1CCC(C(O)c2ccc(Cl)cc2)CC1.Cl. The third kappa shape index (κ3) is 5.13. The fourth-order valence-electron chi connectivity index (χ4n) is 2.79. The predicted octanol–water partition coefficient (Wildman–Crippen LogP) is 2.64. The van der Waals surface area contributed by atoms with E-state index in [-0.39, 0.29) is 24.2 Å². The van der Waals surface area contributed by atoms with Gasteiger partial charge in [-0.05, 0) is 43.5 Å². The van der Waals surface area contributed by atoms with Gasteiger partial charge < -0.3 is 15.3 Å². The van der Waals surface area contributed by atoms with Gasteiger partial charge in [0.1, 0.15) is 0 Å². The van der Waals surface area contributed by atoms with E-state index < -0.39 is 6.10 Å². The van der Waals surface area contributed by atoms with Crippen LogP contribution in [0.25, 0.3) is 0 Å². The first-order chi connectivity index (χ1) is 10.1. The second kappa shape index (κ2) is 9.36. The van der Waals surface area contributed by atoms with Crippen molar-refractivity contribution in [2.75, 3.05) is 26.7 Å². The summed E-state index contributed by atoms with van der Waals surface area (Å²) in [6, 6.07) is 7.35. The number of nitrogens with one attached hydrogen (secondary N) is 1. The lowest BCUT2D eigenvalue weighted by Gasteiger charge is -2.34. The summed E-state index contributed by atoms with van der Waals surface area (Å²) in [6.45, 7) is 2.18. The van der Waals surface area contributed by atoms with Gasteiger partial charge in [-0.1, -0.05) is 23.7 Å². The summed E-state index contributed by atoms with van der Waals surface area (Å²) < 4.78 is 0. The minimum Gasteiger partial charge on any atom is -0.388 e. The molecule has 0 spiro atoms. The number of piperidine rings is 1. The highest BCUT2D eigenvalue weighted by Crippen LogP contribution is 2.31. The smallest absolute Gasteiger partial charge is 0.223 e. The molecular weight excluding hydrogens is 323 g/mol. The molecule has 1 atom stereocenters. The van der Waals surface area contributed by atoms with Crippen molar-refractivity contribution in [3.8, 4) is 0 Å². The molecule has 1 unspecified atom stereocenters. The van der Waals surface area contributed by atoms with Gasteiger partial charge in [-0.2, -0.15) is 0 Å². The number of aliphatic hydroxyl groups is 1. The van der Waals surface area contributed by atoms with E-state index in [1.165, 1.54) is 0 Å². The number of hydrogen-bond acceptors (Lipinski definition) is 3. The lowest BCUT2D eigenvalue weighted by Crippen LogP contribution is -2.40. The zero-order chi connectivity index (χ0) is 15.2. The maximum Gasteiger partial charge on any atom is 0.223 e. The van der Waals surface area contributed by atoms with Gasteiger partial charge in [0.25, 0.3) is 0 Å². The number of halogens is 2. The number of aliphatic hydroxyl groups excluding tert-OH is 1. The summed E-state index contributed by atoms with van der Waals surface area (Å²) >= 11 is 5.87. The number of carbonyl (C=O) groups is 1. The molecule has 1 heterocycles. The molecule has 22 heavy (non-hydrogen) atoms. The summed E-state index contributed by atoms with van der Waals surface area (Å²) in [5.74, 6) is 0.406. The number of hydrogen-bond donors (Lipinski definition) is 2. The quantitative estimate of drug-likeness (QED) is 0.861. The van der Waals surface area contributed by atoms with Crippen LogP contribution < -0.4 is 5.32 Å². The molecule has 1 fully saturated rings. The molecule has 6 heteroatoms. The van der Waals surface area contributed by atoms with Crippen LogP contribution in [-0.2, 0) is 4.79 Å². The Hall–Kier alpha value is -0.810. The summed E-state index contributed by atoms with van der Waals surface area (Å²) in [5.41, 5.74) is 0.902. The fourth-order valence-corrected chi connectivity index (χ4v) is 2.91. The highest BCUT2D eigenvalue weighted by molar-refractivity contribution is 6.30. The molecular formula is C16H24Cl2N2O2. The second-order valence-corrected chi connectivity index (χ2v) is 6.00. The number of nitrogens with zero attached hydrogens (tertiary/aromatic N) is 1. The van der Waals surface area contributed by atoms with Gasteiger partial charge >= 0.3 is 0 Å². The van der Waals surface area contributed by atoms with Crippen LogP contribution in [0.5, 0.6) is 0 Å². The Labute approximate surface area is 143 Å². The maximum absolute atomic E-state index is 11.9. The molecule has 0 aliphatic carbocycles. The van der Waals surface area contributed by atoms with Crippen molar-refractivity contribution in [1.29, 1.82) is 0 Å². The van der Waals surface area contributed by atoms with Crippen molar-refractivity contribution in [3.05, 3.63) is 34.9 Å². The maximum atomic E-state index is 11.9. The predicted molar refractivity (Wildman–Crippen MR) is 91.5 cm³/mol. The van der Waals surface area contributed by atoms with Gasteiger partial charge in [0.05, 0.1) is 6.10 Å². The van der Waals surface area contributed by atoms with Crippen molar-refractivity contribution in [2.45, 2.75) is 25.4 Å². The normalized spacial score (nSPS) is 17.0. The van der Waals surface area contributed by atoms with Crippen molar-refractivity contribution in [2.24, 2.45) is 5.92 Å². The van der Waals surface area contributed by atoms with Gasteiger partial charge in [0.2, 0.25) is 5.91 Å². The van der Waals surface area contributed by atoms with E-state index in [1.54, 1.807) is 12.1 Å². The van der Waals surface area contributed by atoms with E-state index in [0.29, 0.717) is 18.0 Å². The van der Waals surface area contributed by atoms with E-state index in [9.17, 15) is 9.90 Å². The highest BCUT2D eigenvalue weighted by Gasteiger charge is 2.27. The standard InChI is InChI=1S/C16H23ClN2O2.ClH/c1-18-9-6-15(20)19-10-7-13(8-11-19)16(21)12-2-4-14(17)5-3-12;/h2-5,13,16,18,21H,6-11H2,1H3;1H. The molecule has 0 radical (unpaired) electrons. The first kappa shape index (κ1) is 19.2. The first-order valence-corrected chi connectivity index (χ1v) is 7.85. The van der Waals surface area contributed by atoms with Crippen molar-refractivity contribution in [1.82, 2.24) is 10.2 Å². The summed E-state index contributed by atoms with van der Waals surface area (Å²) in [7, 11) is 1.85. The van der Waals surface area contributed by atoms with Crippen LogP contribution in [0.2, 0.25) is 5.02 Å². The van der Waals surface area contributed by atoms with E-state index >= 15 is 0 Å². The van der Waals surface area contributed by atoms with Gasteiger partial charge in [0, 0.05) is 31.1 Å². The Morgan fingerprint density at radius 3 is 2.50 bits per heavy atom. The van der Waals surface area contributed by atoms with Crippen molar-refractivity contribution < 1.29 is 9.90 Å². The zero-order valence-corrected chi connectivity index (χ0v) is 14.4. The molecule has 2 rings (SSSR count). The molecule has 1 amide bonds. The van der Waals surface area contributed by atoms with Gasteiger partial charge in [-0.25, -0.2) is 0 Å². The number of benzene rings is 1. The lowest BCUT2D eigenvalue weighted by atomic mass is 9.87. The van der Waals surface area contributed by atoms with Crippen LogP contribution >= 0.6 is 24.0 Å². The van der Waals surface area contributed by atoms with Crippen molar-refractivity contribution in [3.63, 3.8) is 0 Å². The third-order valence-corrected chi connectivity index (χ3v) is 4.39. The Morgan fingerprint density at radius 1 is 1.36 bits per heavy atom. The average Bonchev–Trinajstić information content (AvgIpc) is 2.53. The molecule has 1 aliphatic heterocycles. The van der Waals surface area contributed by atoms with Gasteiger partial charge in [0.15, 0.2) is 0 Å². The number of likely N-dealkylation sites (tertiary alicyclic amines) is 1. The molecule has 2 N–H and O–H groups in total. The van der Waals surface area contributed by atoms with E-state index in [4.69, 9.17) is 11.6 Å². The van der Waals surface area contributed by atoms with E-state index in [0.717, 1.165) is 31.5 Å². The Kier molecular flexibility index (Phi) is 8.18. The topological polar surface area (TPSA) is 52.6 Å². The minimum atomic E-state index is -0.475. The summed E-state index contributed by atoms with van der Waals surface area (Å²) in [6.07, 6.45) is 1.75.